The van der Waals surface area contributed by atoms with Gasteiger partial charge in [-0.15, -0.1) is 0 Å². The van der Waals surface area contributed by atoms with Gasteiger partial charge in [0.2, 0.25) is 0 Å². The fourth-order valence-electron chi connectivity index (χ4n) is 2.35. The molecule has 0 spiro atoms. The SMILES string of the molecule is CCCc1c(N)cccc1Nc1ccccc1CC. The Morgan fingerprint density at radius 2 is 1.68 bits per heavy atom. The maximum Gasteiger partial charge on any atom is 0.0437 e. The first-order chi connectivity index (χ1) is 9.26. The van der Waals surface area contributed by atoms with Gasteiger partial charge in [0.05, 0.1) is 0 Å². The molecule has 0 fully saturated rings. The molecule has 0 heterocycles. The lowest BCUT2D eigenvalue weighted by molar-refractivity contribution is 0.926. The van der Waals surface area contributed by atoms with Crippen LogP contribution in [0.25, 0.3) is 0 Å². The minimum Gasteiger partial charge on any atom is -0.398 e. The van der Waals surface area contributed by atoms with E-state index in [1.165, 1.54) is 16.8 Å². The summed E-state index contributed by atoms with van der Waals surface area (Å²) >= 11 is 0. The molecule has 2 aromatic rings. The lowest BCUT2D eigenvalue weighted by atomic mass is 10.0. The smallest absolute Gasteiger partial charge is 0.0437 e. The minimum atomic E-state index is 0.876. The summed E-state index contributed by atoms with van der Waals surface area (Å²) in [5, 5.41) is 3.54. The largest absolute Gasteiger partial charge is 0.398 e. The van der Waals surface area contributed by atoms with E-state index in [1.807, 2.05) is 12.1 Å². The zero-order chi connectivity index (χ0) is 13.7. The van der Waals surface area contributed by atoms with Gasteiger partial charge in [-0.1, -0.05) is 44.5 Å². The molecule has 3 N–H and O–H groups in total. The van der Waals surface area contributed by atoms with Crippen LogP contribution in [0.15, 0.2) is 42.5 Å². The van der Waals surface area contributed by atoms with Crippen molar-refractivity contribution in [2.75, 3.05) is 11.1 Å². The summed E-state index contributed by atoms with van der Waals surface area (Å²) in [4.78, 5) is 0. The molecule has 0 saturated heterocycles. The maximum atomic E-state index is 6.09. The molecule has 0 radical (unpaired) electrons. The Kier molecular flexibility index (Phi) is 4.45. The molecule has 0 bridgehead atoms. The van der Waals surface area contributed by atoms with E-state index in [9.17, 15) is 0 Å². The number of anilines is 3. The molecule has 0 amide bonds. The topological polar surface area (TPSA) is 38.0 Å². The Morgan fingerprint density at radius 3 is 2.42 bits per heavy atom. The van der Waals surface area contributed by atoms with Crippen molar-refractivity contribution >= 4 is 17.1 Å². The molecule has 0 aliphatic heterocycles. The van der Waals surface area contributed by atoms with Crippen LogP contribution >= 0.6 is 0 Å². The quantitative estimate of drug-likeness (QED) is 0.769. The van der Waals surface area contributed by atoms with E-state index in [2.05, 4.69) is 49.5 Å². The van der Waals surface area contributed by atoms with Gasteiger partial charge in [0, 0.05) is 17.1 Å². The van der Waals surface area contributed by atoms with Crippen molar-refractivity contribution < 1.29 is 0 Å². The highest BCUT2D eigenvalue weighted by molar-refractivity contribution is 5.71. The molecule has 0 aromatic heterocycles. The Balaban J connectivity index is 2.35. The van der Waals surface area contributed by atoms with Crippen LogP contribution in [-0.2, 0) is 12.8 Å². The van der Waals surface area contributed by atoms with Crippen molar-refractivity contribution in [1.82, 2.24) is 0 Å². The van der Waals surface area contributed by atoms with Gasteiger partial charge in [-0.25, -0.2) is 0 Å². The Morgan fingerprint density at radius 1 is 0.947 bits per heavy atom. The fourth-order valence-corrected chi connectivity index (χ4v) is 2.35. The normalized spacial score (nSPS) is 10.4. The van der Waals surface area contributed by atoms with Gasteiger partial charge in [-0.05, 0) is 42.2 Å². The van der Waals surface area contributed by atoms with Crippen molar-refractivity contribution in [3.63, 3.8) is 0 Å². The van der Waals surface area contributed by atoms with Crippen LogP contribution in [0.1, 0.15) is 31.4 Å². The number of nitrogen functional groups attached to an aromatic ring is 1. The molecular weight excluding hydrogens is 232 g/mol. The molecular formula is C17H22N2. The van der Waals surface area contributed by atoms with Gasteiger partial charge in [-0.2, -0.15) is 0 Å². The highest BCUT2D eigenvalue weighted by atomic mass is 14.9. The number of aryl methyl sites for hydroxylation is 1. The standard InChI is InChI=1S/C17H22N2/c1-3-8-14-15(18)10-7-12-17(14)19-16-11-6-5-9-13(16)4-2/h5-7,9-12,19H,3-4,8,18H2,1-2H3. The van der Waals surface area contributed by atoms with Crippen LogP contribution < -0.4 is 11.1 Å². The maximum absolute atomic E-state index is 6.09. The highest BCUT2D eigenvalue weighted by Crippen LogP contribution is 2.28. The Bertz CT molecular complexity index is 547. The summed E-state index contributed by atoms with van der Waals surface area (Å²) in [6.07, 6.45) is 3.12. The number of nitrogens with two attached hydrogens (primary N) is 1. The summed E-state index contributed by atoms with van der Waals surface area (Å²) in [6, 6.07) is 14.5. The second-order valence-electron chi connectivity index (χ2n) is 4.76. The second-order valence-corrected chi connectivity index (χ2v) is 4.76. The third-order valence-corrected chi connectivity index (χ3v) is 3.38. The van der Waals surface area contributed by atoms with E-state index in [1.54, 1.807) is 0 Å². The van der Waals surface area contributed by atoms with Gasteiger partial charge in [0.1, 0.15) is 0 Å². The molecule has 2 rings (SSSR count). The van der Waals surface area contributed by atoms with E-state index in [4.69, 9.17) is 5.73 Å². The van der Waals surface area contributed by atoms with Crippen LogP contribution in [0.5, 0.6) is 0 Å². The van der Waals surface area contributed by atoms with Gasteiger partial charge in [0.15, 0.2) is 0 Å². The summed E-state index contributed by atoms with van der Waals surface area (Å²) in [5.74, 6) is 0. The lowest BCUT2D eigenvalue weighted by Gasteiger charge is -2.16. The van der Waals surface area contributed by atoms with E-state index in [0.717, 1.165) is 30.6 Å². The van der Waals surface area contributed by atoms with Crippen molar-refractivity contribution in [3.8, 4) is 0 Å². The van der Waals surface area contributed by atoms with E-state index in [-0.39, 0.29) is 0 Å². The molecule has 19 heavy (non-hydrogen) atoms. The first kappa shape index (κ1) is 13.5. The zero-order valence-corrected chi connectivity index (χ0v) is 11.7. The van der Waals surface area contributed by atoms with Crippen LogP contribution in [0.4, 0.5) is 17.1 Å². The van der Waals surface area contributed by atoms with E-state index < -0.39 is 0 Å². The van der Waals surface area contributed by atoms with Gasteiger partial charge in [-0.3, -0.25) is 0 Å². The van der Waals surface area contributed by atoms with Crippen molar-refractivity contribution in [2.45, 2.75) is 33.1 Å². The molecule has 100 valence electrons. The van der Waals surface area contributed by atoms with Crippen LogP contribution in [-0.4, -0.2) is 0 Å². The summed E-state index contributed by atoms with van der Waals surface area (Å²) in [5.41, 5.74) is 11.8. The molecule has 2 heteroatoms. The third kappa shape index (κ3) is 3.08. The van der Waals surface area contributed by atoms with Gasteiger partial charge < -0.3 is 11.1 Å². The predicted molar refractivity (Wildman–Crippen MR) is 84.0 cm³/mol. The summed E-state index contributed by atoms with van der Waals surface area (Å²) in [6.45, 7) is 4.35. The van der Waals surface area contributed by atoms with Gasteiger partial charge >= 0.3 is 0 Å². The third-order valence-electron chi connectivity index (χ3n) is 3.38. The van der Waals surface area contributed by atoms with Crippen LogP contribution in [0.2, 0.25) is 0 Å². The molecule has 2 nitrogen and oxygen atoms in total. The van der Waals surface area contributed by atoms with E-state index >= 15 is 0 Å². The Labute approximate surface area is 115 Å². The predicted octanol–water partition coefficient (Wildman–Crippen LogP) is 4.53. The number of hydrogen-bond donors (Lipinski definition) is 2. The molecule has 2 aromatic carbocycles. The number of para-hydroxylation sites is 1. The number of hydrogen-bond acceptors (Lipinski definition) is 2. The molecule has 0 saturated carbocycles. The minimum absolute atomic E-state index is 0.876. The second kappa shape index (κ2) is 6.28. The zero-order valence-electron chi connectivity index (χ0n) is 11.7. The average molecular weight is 254 g/mol. The van der Waals surface area contributed by atoms with E-state index in [0.29, 0.717) is 0 Å². The lowest BCUT2D eigenvalue weighted by Crippen LogP contribution is -2.02. The first-order valence-electron chi connectivity index (χ1n) is 6.98. The molecule has 0 atom stereocenters. The first-order valence-corrected chi connectivity index (χ1v) is 6.98. The van der Waals surface area contributed by atoms with Crippen molar-refractivity contribution in [1.29, 1.82) is 0 Å². The van der Waals surface area contributed by atoms with Crippen LogP contribution in [0.3, 0.4) is 0 Å². The van der Waals surface area contributed by atoms with Crippen molar-refractivity contribution in [3.05, 3.63) is 53.6 Å². The monoisotopic (exact) mass is 254 g/mol. The van der Waals surface area contributed by atoms with Crippen molar-refractivity contribution in [2.24, 2.45) is 0 Å². The summed E-state index contributed by atoms with van der Waals surface area (Å²) < 4.78 is 0. The highest BCUT2D eigenvalue weighted by Gasteiger charge is 2.07. The number of benzene rings is 2. The molecule has 0 unspecified atom stereocenters. The Hall–Kier alpha value is -1.96. The fraction of sp³-hybridized carbons (Fsp3) is 0.294. The number of rotatable bonds is 5. The molecule has 0 aliphatic carbocycles. The summed E-state index contributed by atoms with van der Waals surface area (Å²) in [7, 11) is 0. The molecule has 0 aliphatic rings. The average Bonchev–Trinajstić information content (AvgIpc) is 2.43. The van der Waals surface area contributed by atoms with Crippen LogP contribution in [0, 0.1) is 0 Å². The van der Waals surface area contributed by atoms with Gasteiger partial charge in [0.25, 0.3) is 0 Å². The number of nitrogens with one attached hydrogen (secondary N) is 1.